The van der Waals surface area contributed by atoms with Crippen molar-refractivity contribution in [2.45, 2.75) is 11.8 Å². The second-order valence-corrected chi connectivity index (χ2v) is 3.26. The predicted molar refractivity (Wildman–Crippen MR) is 46.7 cm³/mol. The third-order valence-electron chi connectivity index (χ3n) is 1.37. The summed E-state index contributed by atoms with van der Waals surface area (Å²) in [6.07, 6.45) is 2.54. The molecule has 58 valence electrons. The Morgan fingerprint density at radius 3 is 2.82 bits per heavy atom. The van der Waals surface area contributed by atoms with Gasteiger partial charge in [0.25, 0.3) is 0 Å². The van der Waals surface area contributed by atoms with Crippen molar-refractivity contribution in [1.29, 1.82) is 0 Å². The Kier molecular flexibility index (Phi) is 2.76. The van der Waals surface area contributed by atoms with Crippen LogP contribution in [-0.4, -0.2) is 11.3 Å². The van der Waals surface area contributed by atoms with E-state index >= 15 is 0 Å². The quantitative estimate of drug-likeness (QED) is 0.556. The van der Waals surface area contributed by atoms with E-state index in [1.807, 2.05) is 19.1 Å². The number of nitrogens with zero attached hydrogens (tertiary/aromatic N) is 1. The zero-order valence-corrected chi connectivity index (χ0v) is 7.71. The Morgan fingerprint density at radius 2 is 2.36 bits per heavy atom. The van der Waals surface area contributed by atoms with E-state index in [1.54, 1.807) is 6.20 Å². The van der Waals surface area contributed by atoms with Crippen LogP contribution in [0.2, 0.25) is 0 Å². The van der Waals surface area contributed by atoms with E-state index in [0.717, 1.165) is 17.5 Å². The molecule has 1 aromatic rings. The standard InChI is InChI=1S/C8H8BrNO/c1-6-2-3-7(4-10-6)8(9)5-11/h2-5,8H,1H3. The van der Waals surface area contributed by atoms with Crippen molar-refractivity contribution in [3.8, 4) is 0 Å². The first-order valence-corrected chi connectivity index (χ1v) is 4.17. The Balaban J connectivity index is 2.89. The van der Waals surface area contributed by atoms with Crippen LogP contribution in [0.4, 0.5) is 0 Å². The smallest absolute Gasteiger partial charge is 0.138 e. The van der Waals surface area contributed by atoms with E-state index in [0.29, 0.717) is 0 Å². The van der Waals surface area contributed by atoms with Crippen LogP contribution < -0.4 is 0 Å². The summed E-state index contributed by atoms with van der Waals surface area (Å²) in [4.78, 5) is 14.1. The van der Waals surface area contributed by atoms with Crippen LogP contribution in [0.15, 0.2) is 18.3 Å². The van der Waals surface area contributed by atoms with Gasteiger partial charge in [0, 0.05) is 11.9 Å². The van der Waals surface area contributed by atoms with Crippen LogP contribution in [-0.2, 0) is 4.79 Å². The predicted octanol–water partition coefficient (Wildman–Crippen LogP) is 2.02. The van der Waals surface area contributed by atoms with Gasteiger partial charge in [-0.25, -0.2) is 0 Å². The van der Waals surface area contributed by atoms with E-state index in [9.17, 15) is 4.79 Å². The van der Waals surface area contributed by atoms with Crippen molar-refractivity contribution in [2.75, 3.05) is 0 Å². The molecule has 1 unspecified atom stereocenters. The minimum absolute atomic E-state index is 0.226. The fourth-order valence-electron chi connectivity index (χ4n) is 0.721. The van der Waals surface area contributed by atoms with Gasteiger partial charge in [-0.2, -0.15) is 0 Å². The number of aldehydes is 1. The zero-order chi connectivity index (χ0) is 8.27. The fourth-order valence-corrected chi connectivity index (χ4v) is 0.992. The first-order chi connectivity index (χ1) is 5.24. The number of rotatable bonds is 2. The third-order valence-corrected chi connectivity index (χ3v) is 2.12. The molecule has 0 radical (unpaired) electrons. The highest BCUT2D eigenvalue weighted by Crippen LogP contribution is 2.18. The molecule has 0 spiro atoms. The molecular formula is C8H8BrNO. The number of aromatic nitrogens is 1. The minimum atomic E-state index is -0.226. The van der Waals surface area contributed by atoms with Gasteiger partial charge in [0.2, 0.25) is 0 Å². The van der Waals surface area contributed by atoms with Crippen molar-refractivity contribution < 1.29 is 4.79 Å². The lowest BCUT2D eigenvalue weighted by Crippen LogP contribution is -1.91. The first-order valence-electron chi connectivity index (χ1n) is 3.26. The molecule has 1 atom stereocenters. The summed E-state index contributed by atoms with van der Waals surface area (Å²) in [6, 6.07) is 3.77. The van der Waals surface area contributed by atoms with E-state index < -0.39 is 0 Å². The SMILES string of the molecule is Cc1ccc(C(Br)C=O)cn1. The van der Waals surface area contributed by atoms with Crippen LogP contribution in [0, 0.1) is 6.92 Å². The normalized spacial score (nSPS) is 12.5. The van der Waals surface area contributed by atoms with Crippen molar-refractivity contribution in [3.05, 3.63) is 29.6 Å². The third kappa shape index (κ3) is 2.12. The molecule has 0 aromatic carbocycles. The second-order valence-electron chi connectivity index (χ2n) is 2.27. The number of pyridine rings is 1. The number of aryl methyl sites for hydroxylation is 1. The average molecular weight is 214 g/mol. The number of carbonyl (C=O) groups excluding carboxylic acids is 1. The zero-order valence-electron chi connectivity index (χ0n) is 6.12. The van der Waals surface area contributed by atoms with Gasteiger partial charge < -0.3 is 4.79 Å². The molecular weight excluding hydrogens is 206 g/mol. The molecule has 11 heavy (non-hydrogen) atoms. The first kappa shape index (κ1) is 8.40. The number of hydrogen-bond donors (Lipinski definition) is 0. The molecule has 3 heteroatoms. The molecule has 0 aliphatic carbocycles. The van der Waals surface area contributed by atoms with E-state index in [4.69, 9.17) is 0 Å². The average Bonchev–Trinajstić information content (AvgIpc) is 2.05. The summed E-state index contributed by atoms with van der Waals surface area (Å²) in [5, 5.41) is 0. The topological polar surface area (TPSA) is 30.0 Å². The fraction of sp³-hybridized carbons (Fsp3) is 0.250. The molecule has 0 fully saturated rings. The molecule has 0 aliphatic heterocycles. The molecule has 1 heterocycles. The molecule has 2 nitrogen and oxygen atoms in total. The van der Waals surface area contributed by atoms with Gasteiger partial charge in [0.05, 0.1) is 4.83 Å². The molecule has 0 amide bonds. The van der Waals surface area contributed by atoms with Gasteiger partial charge in [0.15, 0.2) is 0 Å². The Morgan fingerprint density at radius 1 is 1.64 bits per heavy atom. The van der Waals surface area contributed by atoms with Crippen molar-refractivity contribution >= 4 is 22.2 Å². The lowest BCUT2D eigenvalue weighted by atomic mass is 10.2. The van der Waals surface area contributed by atoms with Crippen LogP contribution in [0.5, 0.6) is 0 Å². The largest absolute Gasteiger partial charge is 0.302 e. The minimum Gasteiger partial charge on any atom is -0.302 e. The summed E-state index contributed by atoms with van der Waals surface area (Å²) in [7, 11) is 0. The molecule has 1 rings (SSSR count). The summed E-state index contributed by atoms with van der Waals surface area (Å²) in [5.74, 6) is 0. The lowest BCUT2D eigenvalue weighted by molar-refractivity contribution is -0.107. The monoisotopic (exact) mass is 213 g/mol. The van der Waals surface area contributed by atoms with E-state index in [2.05, 4.69) is 20.9 Å². The summed E-state index contributed by atoms with van der Waals surface area (Å²) >= 11 is 3.20. The molecule has 0 saturated carbocycles. The van der Waals surface area contributed by atoms with Gasteiger partial charge in [-0.15, -0.1) is 0 Å². The van der Waals surface area contributed by atoms with Gasteiger partial charge in [-0.05, 0) is 18.6 Å². The Bertz CT molecular complexity index is 245. The lowest BCUT2D eigenvalue weighted by Gasteiger charge is -2.00. The molecule has 0 bridgehead atoms. The van der Waals surface area contributed by atoms with Crippen molar-refractivity contribution in [1.82, 2.24) is 4.98 Å². The number of hydrogen-bond acceptors (Lipinski definition) is 2. The summed E-state index contributed by atoms with van der Waals surface area (Å²) < 4.78 is 0. The maximum absolute atomic E-state index is 10.3. The maximum Gasteiger partial charge on any atom is 0.138 e. The molecule has 1 aromatic heterocycles. The van der Waals surface area contributed by atoms with Crippen molar-refractivity contribution in [3.63, 3.8) is 0 Å². The van der Waals surface area contributed by atoms with Crippen LogP contribution >= 0.6 is 15.9 Å². The second kappa shape index (κ2) is 3.62. The summed E-state index contributed by atoms with van der Waals surface area (Å²) in [5.41, 5.74) is 1.85. The van der Waals surface area contributed by atoms with Crippen LogP contribution in [0.1, 0.15) is 16.1 Å². The van der Waals surface area contributed by atoms with Gasteiger partial charge in [-0.1, -0.05) is 22.0 Å². The van der Waals surface area contributed by atoms with E-state index in [1.165, 1.54) is 0 Å². The van der Waals surface area contributed by atoms with Crippen LogP contribution in [0.3, 0.4) is 0 Å². The maximum atomic E-state index is 10.3. The number of alkyl halides is 1. The van der Waals surface area contributed by atoms with Gasteiger partial charge in [-0.3, -0.25) is 4.98 Å². The number of halogens is 1. The Labute approximate surface area is 73.8 Å². The van der Waals surface area contributed by atoms with E-state index in [-0.39, 0.29) is 4.83 Å². The highest BCUT2D eigenvalue weighted by atomic mass is 79.9. The summed E-state index contributed by atoms with van der Waals surface area (Å²) in [6.45, 7) is 1.91. The van der Waals surface area contributed by atoms with Crippen molar-refractivity contribution in [2.24, 2.45) is 0 Å². The van der Waals surface area contributed by atoms with Crippen LogP contribution in [0.25, 0.3) is 0 Å². The number of carbonyl (C=O) groups is 1. The molecule has 0 N–H and O–H groups in total. The Hall–Kier alpha value is -0.700. The molecule has 0 aliphatic rings. The van der Waals surface area contributed by atoms with Gasteiger partial charge >= 0.3 is 0 Å². The highest BCUT2D eigenvalue weighted by Gasteiger charge is 2.03. The molecule has 0 saturated heterocycles. The van der Waals surface area contributed by atoms with Gasteiger partial charge in [0.1, 0.15) is 6.29 Å². The highest BCUT2D eigenvalue weighted by molar-refractivity contribution is 9.09.